The zero-order valence-electron chi connectivity index (χ0n) is 19.8. The Morgan fingerprint density at radius 1 is 0.919 bits per heavy atom. The summed E-state index contributed by atoms with van der Waals surface area (Å²) in [6.45, 7) is 2.00. The van der Waals surface area contributed by atoms with Crippen LogP contribution in [0.15, 0.2) is 93.7 Å². The van der Waals surface area contributed by atoms with Crippen molar-refractivity contribution >= 4 is 50.5 Å². The molecule has 3 aromatic rings. The standard InChI is InChI=1S/C27H24ClN3O4S2/c28-22-8-12-24(13-9-22)37(33,34)31-16-14-30(15-17-31)27-29-26(32)25(36-27)18-20-6-10-23(11-7-20)35-19-21-4-2-1-3-5-21/h1-13,18H,14-17,19H2. The lowest BCUT2D eigenvalue weighted by atomic mass is 10.2. The van der Waals surface area contributed by atoms with Crippen LogP contribution in [-0.4, -0.2) is 54.9 Å². The molecule has 0 radical (unpaired) electrons. The maximum absolute atomic E-state index is 12.9. The molecule has 1 amide bonds. The fourth-order valence-electron chi connectivity index (χ4n) is 3.96. The summed E-state index contributed by atoms with van der Waals surface area (Å²) in [5, 5.41) is 1.09. The second-order valence-corrected chi connectivity index (χ2v) is 11.9. The Hall–Kier alpha value is -3.11. The molecule has 7 nitrogen and oxygen atoms in total. The molecule has 1 saturated heterocycles. The van der Waals surface area contributed by atoms with Crippen LogP contribution in [0.4, 0.5) is 0 Å². The van der Waals surface area contributed by atoms with Crippen LogP contribution in [-0.2, 0) is 21.4 Å². The van der Waals surface area contributed by atoms with E-state index in [0.29, 0.717) is 47.9 Å². The van der Waals surface area contributed by atoms with E-state index in [0.717, 1.165) is 16.9 Å². The number of nitrogens with zero attached hydrogens (tertiary/aromatic N) is 3. The first-order valence-corrected chi connectivity index (χ1v) is 14.3. The summed E-state index contributed by atoms with van der Waals surface area (Å²) >= 11 is 7.20. The number of sulfonamides is 1. The van der Waals surface area contributed by atoms with Crippen molar-refractivity contribution in [2.24, 2.45) is 4.99 Å². The fraction of sp³-hybridized carbons (Fsp3) is 0.185. The molecule has 0 spiro atoms. The number of rotatable bonds is 6. The van der Waals surface area contributed by atoms with Crippen molar-refractivity contribution in [3.8, 4) is 5.75 Å². The number of carbonyl (C=O) groups excluding carboxylic acids is 1. The molecule has 0 bridgehead atoms. The van der Waals surface area contributed by atoms with E-state index in [1.165, 1.54) is 28.2 Å². The van der Waals surface area contributed by atoms with Gasteiger partial charge in [0, 0.05) is 31.2 Å². The Morgan fingerprint density at radius 3 is 2.27 bits per heavy atom. The highest BCUT2D eigenvalue weighted by molar-refractivity contribution is 8.18. The summed E-state index contributed by atoms with van der Waals surface area (Å²) in [6, 6.07) is 23.7. The van der Waals surface area contributed by atoms with Gasteiger partial charge in [0.1, 0.15) is 12.4 Å². The Morgan fingerprint density at radius 2 is 1.59 bits per heavy atom. The summed E-state index contributed by atoms with van der Waals surface area (Å²) in [5.41, 5.74) is 1.97. The topological polar surface area (TPSA) is 79.3 Å². The Labute approximate surface area is 225 Å². The Bertz CT molecular complexity index is 1430. The van der Waals surface area contributed by atoms with Crippen molar-refractivity contribution < 1.29 is 17.9 Å². The summed E-state index contributed by atoms with van der Waals surface area (Å²) in [5.74, 6) is 0.459. The first-order valence-electron chi connectivity index (χ1n) is 11.7. The number of amidine groups is 1. The third-order valence-corrected chi connectivity index (χ3v) is 9.21. The largest absolute Gasteiger partial charge is 0.489 e. The smallest absolute Gasteiger partial charge is 0.286 e. The summed E-state index contributed by atoms with van der Waals surface area (Å²) < 4.78 is 33.1. The highest BCUT2D eigenvalue weighted by Crippen LogP contribution is 2.31. The number of aliphatic imine (C=N–C) groups is 1. The van der Waals surface area contributed by atoms with Gasteiger partial charge in [0.25, 0.3) is 5.91 Å². The zero-order valence-corrected chi connectivity index (χ0v) is 22.2. The van der Waals surface area contributed by atoms with E-state index in [2.05, 4.69) is 4.99 Å². The number of benzene rings is 3. The summed E-state index contributed by atoms with van der Waals surface area (Å²) in [7, 11) is -3.60. The molecule has 2 heterocycles. The van der Waals surface area contributed by atoms with Crippen molar-refractivity contribution in [1.29, 1.82) is 0 Å². The van der Waals surface area contributed by atoms with Gasteiger partial charge in [-0.1, -0.05) is 54.1 Å². The van der Waals surface area contributed by atoms with Gasteiger partial charge in [0.2, 0.25) is 10.0 Å². The van der Waals surface area contributed by atoms with Gasteiger partial charge in [-0.25, -0.2) is 8.42 Å². The summed E-state index contributed by atoms with van der Waals surface area (Å²) in [6.07, 6.45) is 1.81. The van der Waals surface area contributed by atoms with Crippen LogP contribution < -0.4 is 4.74 Å². The number of ether oxygens (including phenoxy) is 1. The molecule has 37 heavy (non-hydrogen) atoms. The van der Waals surface area contributed by atoms with Crippen LogP contribution in [0, 0.1) is 0 Å². The van der Waals surface area contributed by atoms with Crippen LogP contribution in [0.3, 0.4) is 0 Å². The van der Waals surface area contributed by atoms with E-state index < -0.39 is 10.0 Å². The molecule has 1 fully saturated rings. The van der Waals surface area contributed by atoms with Crippen molar-refractivity contribution in [3.63, 3.8) is 0 Å². The molecule has 0 N–H and O–H groups in total. The molecule has 2 aliphatic heterocycles. The molecular formula is C27H24ClN3O4S2. The highest BCUT2D eigenvalue weighted by Gasteiger charge is 2.32. The van der Waals surface area contributed by atoms with Crippen LogP contribution in [0.25, 0.3) is 6.08 Å². The third kappa shape index (κ3) is 6.07. The van der Waals surface area contributed by atoms with Gasteiger partial charge in [-0.2, -0.15) is 9.30 Å². The van der Waals surface area contributed by atoms with Gasteiger partial charge in [0.15, 0.2) is 5.17 Å². The Balaban J connectivity index is 1.17. The second-order valence-electron chi connectivity index (χ2n) is 8.50. The number of thioether (sulfide) groups is 1. The monoisotopic (exact) mass is 553 g/mol. The normalized spacial score (nSPS) is 17.8. The number of carbonyl (C=O) groups is 1. The average Bonchev–Trinajstić information content (AvgIpc) is 3.29. The number of piperazine rings is 1. The molecule has 2 aliphatic rings. The van der Waals surface area contributed by atoms with Gasteiger partial charge < -0.3 is 9.64 Å². The zero-order chi connectivity index (χ0) is 25.8. The number of halogens is 1. The van der Waals surface area contributed by atoms with Crippen molar-refractivity contribution in [1.82, 2.24) is 9.21 Å². The van der Waals surface area contributed by atoms with Gasteiger partial charge in [-0.05, 0) is 65.4 Å². The fourth-order valence-corrected chi connectivity index (χ4v) is 6.47. The van der Waals surface area contributed by atoms with Gasteiger partial charge in [0.05, 0.1) is 9.80 Å². The molecule has 5 rings (SSSR count). The van der Waals surface area contributed by atoms with Gasteiger partial charge in [-0.15, -0.1) is 0 Å². The lowest BCUT2D eigenvalue weighted by Crippen LogP contribution is -2.49. The minimum absolute atomic E-state index is 0.217. The van der Waals surface area contributed by atoms with Crippen molar-refractivity contribution in [3.05, 3.63) is 99.9 Å². The first kappa shape index (κ1) is 25.5. The van der Waals surface area contributed by atoms with Crippen LogP contribution in [0.1, 0.15) is 11.1 Å². The van der Waals surface area contributed by atoms with E-state index in [-0.39, 0.29) is 10.8 Å². The molecule has 190 valence electrons. The minimum Gasteiger partial charge on any atom is -0.489 e. The van der Waals surface area contributed by atoms with Crippen molar-refractivity contribution in [2.45, 2.75) is 11.5 Å². The molecule has 0 aliphatic carbocycles. The molecule has 10 heteroatoms. The van der Waals surface area contributed by atoms with E-state index >= 15 is 0 Å². The van der Waals surface area contributed by atoms with Crippen LogP contribution in [0.5, 0.6) is 5.75 Å². The SMILES string of the molecule is O=C1N=C(N2CCN(S(=O)(=O)c3ccc(Cl)cc3)CC2)SC1=Cc1ccc(OCc2ccccc2)cc1. The number of hydrogen-bond acceptors (Lipinski definition) is 6. The van der Waals surface area contributed by atoms with Gasteiger partial charge in [-0.3, -0.25) is 4.79 Å². The van der Waals surface area contributed by atoms with Crippen LogP contribution >= 0.6 is 23.4 Å². The van der Waals surface area contributed by atoms with E-state index in [4.69, 9.17) is 16.3 Å². The molecular weight excluding hydrogens is 530 g/mol. The van der Waals surface area contributed by atoms with Crippen molar-refractivity contribution in [2.75, 3.05) is 26.2 Å². The van der Waals surface area contributed by atoms with Gasteiger partial charge >= 0.3 is 0 Å². The number of amides is 1. The molecule has 0 atom stereocenters. The predicted molar refractivity (Wildman–Crippen MR) is 147 cm³/mol. The number of hydrogen-bond donors (Lipinski definition) is 0. The Kier molecular flexibility index (Phi) is 7.66. The second kappa shape index (κ2) is 11.1. The summed E-state index contributed by atoms with van der Waals surface area (Å²) in [4.78, 5) is 19.5. The maximum Gasteiger partial charge on any atom is 0.286 e. The molecule has 0 aromatic heterocycles. The minimum atomic E-state index is -3.60. The van der Waals surface area contributed by atoms with Crippen LogP contribution in [0.2, 0.25) is 5.02 Å². The lowest BCUT2D eigenvalue weighted by molar-refractivity contribution is -0.113. The molecule has 0 unspecified atom stereocenters. The first-order chi connectivity index (χ1) is 17.9. The highest BCUT2D eigenvalue weighted by atomic mass is 35.5. The molecule has 0 saturated carbocycles. The van der Waals surface area contributed by atoms with E-state index in [1.807, 2.05) is 65.6 Å². The third-order valence-electron chi connectivity index (χ3n) is 6.00. The van der Waals surface area contributed by atoms with E-state index in [1.54, 1.807) is 12.1 Å². The predicted octanol–water partition coefficient (Wildman–Crippen LogP) is 4.90. The molecule has 3 aromatic carbocycles. The maximum atomic E-state index is 12.9. The van der Waals surface area contributed by atoms with E-state index in [9.17, 15) is 13.2 Å². The lowest BCUT2D eigenvalue weighted by Gasteiger charge is -2.34. The average molecular weight is 554 g/mol. The quantitative estimate of drug-likeness (QED) is 0.404.